The smallest absolute Gasteiger partial charge is 0.224 e. The number of benzene rings is 1. The maximum absolute atomic E-state index is 12.3. The van der Waals surface area contributed by atoms with Crippen molar-refractivity contribution in [3.8, 4) is 0 Å². The van der Waals surface area contributed by atoms with Crippen LogP contribution in [0.1, 0.15) is 32.1 Å². The first-order valence-electron chi connectivity index (χ1n) is 7.76. The zero-order valence-corrected chi connectivity index (χ0v) is 11.9. The third kappa shape index (κ3) is 2.53. The summed E-state index contributed by atoms with van der Waals surface area (Å²) in [6.07, 6.45) is 7.21. The lowest BCUT2D eigenvalue weighted by molar-refractivity contribution is -0.117. The fraction of sp³-hybridized carbons (Fsp3) is 0.500. The Morgan fingerprint density at radius 2 is 2.10 bits per heavy atom. The van der Waals surface area contributed by atoms with Crippen LogP contribution in [0.2, 0.25) is 0 Å². The highest BCUT2D eigenvalue weighted by Crippen LogP contribution is 2.33. The van der Waals surface area contributed by atoms with Gasteiger partial charge in [-0.25, -0.2) is 0 Å². The summed E-state index contributed by atoms with van der Waals surface area (Å²) in [5.74, 6) is 0.641. The van der Waals surface area contributed by atoms with Crippen molar-refractivity contribution in [2.75, 3.05) is 5.32 Å². The highest BCUT2D eigenvalue weighted by molar-refractivity contribution is 6.00. The van der Waals surface area contributed by atoms with Crippen molar-refractivity contribution in [3.63, 3.8) is 0 Å². The predicted octanol–water partition coefficient (Wildman–Crippen LogP) is 2.42. The van der Waals surface area contributed by atoms with Gasteiger partial charge in [-0.1, -0.05) is 6.07 Å². The Bertz CT molecular complexity index is 653. The number of nitrogens with zero attached hydrogens (tertiary/aromatic N) is 1. The second-order valence-corrected chi connectivity index (χ2v) is 6.36. The van der Waals surface area contributed by atoms with Crippen LogP contribution < -0.4 is 10.6 Å². The number of hydrogen-bond donors (Lipinski definition) is 3. The molecule has 2 saturated heterocycles. The minimum absolute atomic E-state index is 0.120. The second kappa shape index (κ2) is 5.15. The lowest BCUT2D eigenvalue weighted by atomic mass is 9.89. The molecule has 2 aliphatic rings. The van der Waals surface area contributed by atoms with Gasteiger partial charge >= 0.3 is 0 Å². The van der Waals surface area contributed by atoms with E-state index in [4.69, 9.17) is 0 Å². The van der Waals surface area contributed by atoms with E-state index in [9.17, 15) is 4.79 Å². The molecule has 0 saturated carbocycles. The zero-order valence-electron chi connectivity index (χ0n) is 11.9. The SMILES string of the molecule is O=C(CC1CC2CCC(C1)N2)Nc1cccc2[nH]ncc12. The van der Waals surface area contributed by atoms with Gasteiger partial charge < -0.3 is 10.6 Å². The van der Waals surface area contributed by atoms with Gasteiger partial charge in [-0.05, 0) is 43.7 Å². The van der Waals surface area contributed by atoms with Crippen molar-refractivity contribution in [1.29, 1.82) is 0 Å². The number of hydrogen-bond acceptors (Lipinski definition) is 3. The molecule has 21 heavy (non-hydrogen) atoms. The van der Waals surface area contributed by atoms with E-state index in [1.54, 1.807) is 6.20 Å². The molecule has 5 heteroatoms. The molecule has 2 unspecified atom stereocenters. The quantitative estimate of drug-likeness (QED) is 0.810. The third-order valence-corrected chi connectivity index (χ3v) is 4.80. The van der Waals surface area contributed by atoms with E-state index >= 15 is 0 Å². The van der Waals surface area contributed by atoms with Crippen LogP contribution in [0.15, 0.2) is 24.4 Å². The maximum Gasteiger partial charge on any atom is 0.224 e. The summed E-state index contributed by atoms with van der Waals surface area (Å²) in [7, 11) is 0. The Hall–Kier alpha value is -1.88. The fourth-order valence-corrected chi connectivity index (χ4v) is 3.88. The lowest BCUT2D eigenvalue weighted by Crippen LogP contribution is -2.39. The minimum atomic E-state index is 0.120. The predicted molar refractivity (Wildman–Crippen MR) is 82.0 cm³/mol. The summed E-state index contributed by atoms with van der Waals surface area (Å²) in [4.78, 5) is 12.3. The summed E-state index contributed by atoms with van der Waals surface area (Å²) in [6.45, 7) is 0. The zero-order chi connectivity index (χ0) is 14.2. The minimum Gasteiger partial charge on any atom is -0.325 e. The molecule has 4 rings (SSSR count). The van der Waals surface area contributed by atoms with E-state index in [1.807, 2.05) is 18.2 Å². The number of anilines is 1. The van der Waals surface area contributed by atoms with Crippen molar-refractivity contribution in [2.45, 2.75) is 44.2 Å². The summed E-state index contributed by atoms with van der Waals surface area (Å²) in [5.41, 5.74) is 1.80. The van der Waals surface area contributed by atoms with Crippen LogP contribution in [0.25, 0.3) is 10.9 Å². The average Bonchev–Trinajstić information content (AvgIpc) is 3.06. The number of carbonyl (C=O) groups is 1. The first-order valence-corrected chi connectivity index (χ1v) is 7.76. The Morgan fingerprint density at radius 1 is 1.29 bits per heavy atom. The van der Waals surface area contributed by atoms with E-state index in [0.29, 0.717) is 24.4 Å². The van der Waals surface area contributed by atoms with Gasteiger partial charge in [-0.3, -0.25) is 9.89 Å². The van der Waals surface area contributed by atoms with Gasteiger partial charge in [-0.2, -0.15) is 5.10 Å². The second-order valence-electron chi connectivity index (χ2n) is 6.36. The standard InChI is InChI=1S/C16H20N4O/c21-16(8-10-6-11-4-5-12(7-10)18-11)19-14-2-1-3-15-13(14)9-17-20-15/h1-3,9-12,18H,4-8H2,(H,17,20)(H,19,21). The Kier molecular flexibility index (Phi) is 3.15. The van der Waals surface area contributed by atoms with Crippen molar-refractivity contribution in [1.82, 2.24) is 15.5 Å². The molecule has 2 aliphatic heterocycles. The van der Waals surface area contributed by atoms with E-state index in [0.717, 1.165) is 29.4 Å². The van der Waals surface area contributed by atoms with Crippen LogP contribution in [-0.4, -0.2) is 28.2 Å². The van der Waals surface area contributed by atoms with E-state index < -0.39 is 0 Å². The number of fused-ring (bicyclic) bond motifs is 3. The maximum atomic E-state index is 12.3. The number of amides is 1. The number of aromatic amines is 1. The molecule has 1 aromatic carbocycles. The number of piperidine rings is 1. The van der Waals surface area contributed by atoms with Gasteiger partial charge in [0.2, 0.25) is 5.91 Å². The van der Waals surface area contributed by atoms with Crippen molar-refractivity contribution < 1.29 is 4.79 Å². The third-order valence-electron chi connectivity index (χ3n) is 4.80. The lowest BCUT2D eigenvalue weighted by Gasteiger charge is -2.28. The van der Waals surface area contributed by atoms with Gasteiger partial charge in [-0.15, -0.1) is 0 Å². The molecular formula is C16H20N4O. The van der Waals surface area contributed by atoms with Crippen LogP contribution in [-0.2, 0) is 4.79 Å². The molecule has 3 heterocycles. The molecule has 2 bridgehead atoms. The molecule has 0 radical (unpaired) electrons. The van der Waals surface area contributed by atoms with Crippen LogP contribution in [0.4, 0.5) is 5.69 Å². The Labute approximate surface area is 123 Å². The van der Waals surface area contributed by atoms with Crippen LogP contribution in [0.3, 0.4) is 0 Å². The first-order chi connectivity index (χ1) is 10.3. The molecule has 5 nitrogen and oxygen atoms in total. The van der Waals surface area contributed by atoms with Gasteiger partial charge in [0.25, 0.3) is 0 Å². The summed E-state index contributed by atoms with van der Waals surface area (Å²) >= 11 is 0. The number of nitrogens with one attached hydrogen (secondary N) is 3. The molecule has 2 fully saturated rings. The summed E-state index contributed by atoms with van der Waals surface area (Å²) in [5, 5.41) is 14.6. The largest absolute Gasteiger partial charge is 0.325 e. The molecule has 110 valence electrons. The van der Waals surface area contributed by atoms with Gasteiger partial charge in [0, 0.05) is 23.9 Å². The van der Waals surface area contributed by atoms with Gasteiger partial charge in [0.15, 0.2) is 0 Å². The van der Waals surface area contributed by atoms with Crippen molar-refractivity contribution >= 4 is 22.5 Å². The van der Waals surface area contributed by atoms with E-state index in [1.165, 1.54) is 12.8 Å². The number of H-pyrrole nitrogens is 1. The highest BCUT2D eigenvalue weighted by atomic mass is 16.1. The van der Waals surface area contributed by atoms with Crippen LogP contribution in [0.5, 0.6) is 0 Å². The van der Waals surface area contributed by atoms with Gasteiger partial charge in [0.1, 0.15) is 0 Å². The van der Waals surface area contributed by atoms with Gasteiger partial charge in [0.05, 0.1) is 17.4 Å². The van der Waals surface area contributed by atoms with E-state index in [-0.39, 0.29) is 5.91 Å². The van der Waals surface area contributed by atoms with Crippen molar-refractivity contribution in [2.24, 2.45) is 5.92 Å². The summed E-state index contributed by atoms with van der Waals surface area (Å²) in [6, 6.07) is 7.10. The molecule has 1 aromatic heterocycles. The number of rotatable bonds is 3. The molecule has 0 spiro atoms. The monoisotopic (exact) mass is 284 g/mol. The number of carbonyl (C=O) groups excluding carboxylic acids is 1. The molecule has 0 aliphatic carbocycles. The molecular weight excluding hydrogens is 264 g/mol. The van der Waals surface area contributed by atoms with Crippen LogP contribution in [0, 0.1) is 5.92 Å². The van der Waals surface area contributed by atoms with Crippen molar-refractivity contribution in [3.05, 3.63) is 24.4 Å². The molecule has 2 aromatic rings. The average molecular weight is 284 g/mol. The van der Waals surface area contributed by atoms with Crippen LogP contribution >= 0.6 is 0 Å². The first kappa shape index (κ1) is 12.8. The normalized spacial score (nSPS) is 27.9. The Balaban J connectivity index is 1.43. The number of aromatic nitrogens is 2. The fourth-order valence-electron chi connectivity index (χ4n) is 3.88. The highest BCUT2D eigenvalue weighted by Gasteiger charge is 2.34. The molecule has 3 N–H and O–H groups in total. The van der Waals surface area contributed by atoms with E-state index in [2.05, 4.69) is 20.8 Å². The Morgan fingerprint density at radius 3 is 2.90 bits per heavy atom. The molecule has 2 atom stereocenters. The topological polar surface area (TPSA) is 69.8 Å². The molecule has 1 amide bonds. The summed E-state index contributed by atoms with van der Waals surface area (Å²) < 4.78 is 0.